The number of anilines is 1. The number of rotatable bonds is 2. The lowest BCUT2D eigenvalue weighted by atomic mass is 10.3. The van der Waals surface area contributed by atoms with Crippen LogP contribution in [-0.2, 0) is 0 Å². The maximum atomic E-state index is 12.0. The summed E-state index contributed by atoms with van der Waals surface area (Å²) in [6.07, 6.45) is 2.62. The maximum absolute atomic E-state index is 12.0. The average molecular weight is 295 g/mol. The van der Waals surface area contributed by atoms with Crippen LogP contribution in [0.2, 0.25) is 0 Å². The van der Waals surface area contributed by atoms with Crippen molar-refractivity contribution in [2.75, 3.05) is 5.32 Å². The zero-order valence-corrected chi connectivity index (χ0v) is 11.1. The van der Waals surface area contributed by atoms with Crippen LogP contribution in [0, 0.1) is 0 Å². The van der Waals surface area contributed by atoms with Gasteiger partial charge in [0.2, 0.25) is 10.9 Å². The van der Waals surface area contributed by atoms with Crippen molar-refractivity contribution >= 4 is 22.8 Å². The van der Waals surface area contributed by atoms with E-state index in [-0.39, 0.29) is 11.0 Å². The van der Waals surface area contributed by atoms with Crippen molar-refractivity contribution in [1.29, 1.82) is 0 Å². The van der Waals surface area contributed by atoms with Crippen molar-refractivity contribution in [3.63, 3.8) is 0 Å². The lowest BCUT2D eigenvalue weighted by Crippen LogP contribution is -2.37. The molecule has 0 aliphatic rings. The standard InChI is InChI=1S/C14H9N5O3/c20-12-9-10(16-7-6-15-9)13(21)11(12)18-19-14(22)17-8-4-2-1-3-5-8/h1-7H,(H2,17,19,22). The Kier molecular flexibility index (Phi) is 3.40. The number of para-hydroxylation sites is 1. The van der Waals surface area contributed by atoms with Crippen LogP contribution in [0.1, 0.15) is 0 Å². The molecule has 0 radical (unpaired) electrons. The minimum absolute atomic E-state index is 0.0588. The first-order valence-corrected chi connectivity index (χ1v) is 6.27. The number of hydrogen-bond donors (Lipinski definition) is 2. The predicted octanol–water partition coefficient (Wildman–Crippen LogP) is -0.137. The summed E-state index contributed by atoms with van der Waals surface area (Å²) in [4.78, 5) is 43.2. The minimum Gasteiger partial charge on any atom is -0.307 e. The quantitative estimate of drug-likeness (QED) is 0.639. The van der Waals surface area contributed by atoms with Gasteiger partial charge in [0.1, 0.15) is 11.0 Å². The van der Waals surface area contributed by atoms with Crippen LogP contribution >= 0.6 is 0 Å². The summed E-state index contributed by atoms with van der Waals surface area (Å²) >= 11 is 0. The molecule has 2 amide bonds. The molecule has 0 saturated carbocycles. The number of carbonyl (C=O) groups excluding carboxylic acids is 1. The number of nitrogens with one attached hydrogen (secondary N) is 2. The van der Waals surface area contributed by atoms with Gasteiger partial charge in [0.15, 0.2) is 5.36 Å². The molecular formula is C14H9N5O3. The van der Waals surface area contributed by atoms with Gasteiger partial charge in [-0.05, 0) is 12.1 Å². The predicted molar refractivity (Wildman–Crippen MR) is 78.6 cm³/mol. The summed E-state index contributed by atoms with van der Waals surface area (Å²) in [5.74, 6) is 0. The fourth-order valence-electron chi connectivity index (χ4n) is 1.89. The molecule has 0 spiro atoms. The van der Waals surface area contributed by atoms with Gasteiger partial charge >= 0.3 is 6.03 Å². The molecule has 0 saturated heterocycles. The third-order valence-electron chi connectivity index (χ3n) is 2.86. The van der Waals surface area contributed by atoms with Crippen LogP contribution < -0.4 is 27.0 Å². The third kappa shape index (κ3) is 2.44. The molecule has 0 aliphatic carbocycles. The molecule has 3 aromatic rings. The molecule has 108 valence electrons. The Morgan fingerprint density at radius 3 is 2.14 bits per heavy atom. The van der Waals surface area contributed by atoms with Crippen LogP contribution in [0.3, 0.4) is 0 Å². The largest absolute Gasteiger partial charge is 0.339 e. The number of nitrogens with zero attached hydrogens (tertiary/aromatic N) is 3. The van der Waals surface area contributed by atoms with Crippen LogP contribution in [0.15, 0.2) is 57.4 Å². The third-order valence-corrected chi connectivity index (χ3v) is 2.86. The van der Waals surface area contributed by atoms with Crippen molar-refractivity contribution in [3.8, 4) is 0 Å². The van der Waals surface area contributed by atoms with Crippen LogP contribution in [0.4, 0.5) is 10.5 Å². The van der Waals surface area contributed by atoms with Gasteiger partial charge in [-0.2, -0.15) is 5.10 Å². The summed E-state index contributed by atoms with van der Waals surface area (Å²) in [7, 11) is 0. The zero-order valence-electron chi connectivity index (χ0n) is 11.1. The van der Waals surface area contributed by atoms with Crippen LogP contribution in [0.5, 0.6) is 0 Å². The fourth-order valence-corrected chi connectivity index (χ4v) is 1.89. The van der Waals surface area contributed by atoms with E-state index in [1.54, 1.807) is 30.3 Å². The molecule has 0 atom stereocenters. The highest BCUT2D eigenvalue weighted by Gasteiger charge is 2.13. The van der Waals surface area contributed by atoms with Crippen LogP contribution in [-0.4, -0.2) is 16.0 Å². The molecule has 0 bridgehead atoms. The molecule has 2 aromatic carbocycles. The maximum Gasteiger partial charge on any atom is 0.339 e. The van der Waals surface area contributed by atoms with Crippen molar-refractivity contribution in [2.24, 2.45) is 5.10 Å². The molecule has 2 N–H and O–H groups in total. The number of aromatic nitrogens is 2. The molecule has 0 aliphatic heterocycles. The summed E-state index contributed by atoms with van der Waals surface area (Å²) < 4.78 is 0. The van der Waals surface area contributed by atoms with Gasteiger partial charge in [-0.1, -0.05) is 18.2 Å². The lowest BCUT2D eigenvalue weighted by molar-refractivity contribution is 0.252. The van der Waals surface area contributed by atoms with Gasteiger partial charge in [-0.25, -0.2) is 20.2 Å². The second-order valence-corrected chi connectivity index (χ2v) is 4.30. The van der Waals surface area contributed by atoms with Gasteiger partial charge in [0.25, 0.3) is 0 Å². The number of benzene rings is 1. The highest BCUT2D eigenvalue weighted by Crippen LogP contribution is 2.03. The van der Waals surface area contributed by atoms with E-state index in [2.05, 4.69) is 25.8 Å². The van der Waals surface area contributed by atoms with E-state index < -0.39 is 22.2 Å². The summed E-state index contributed by atoms with van der Waals surface area (Å²) in [5.41, 5.74) is 1.23. The Bertz CT molecular complexity index is 941. The Morgan fingerprint density at radius 2 is 1.55 bits per heavy atom. The normalized spacial score (nSPS) is 10.4. The van der Waals surface area contributed by atoms with Crippen LogP contribution in [0.25, 0.3) is 11.0 Å². The van der Waals surface area contributed by atoms with Gasteiger partial charge in [0, 0.05) is 18.1 Å². The Morgan fingerprint density at radius 1 is 0.955 bits per heavy atom. The van der Waals surface area contributed by atoms with Gasteiger partial charge in [-0.3, -0.25) is 9.59 Å². The monoisotopic (exact) mass is 295 g/mol. The highest BCUT2D eigenvalue weighted by atomic mass is 16.2. The Labute approximate surface area is 122 Å². The molecule has 0 unspecified atom stereocenters. The lowest BCUT2D eigenvalue weighted by Gasteiger charge is -2.02. The van der Waals surface area contributed by atoms with E-state index in [1.165, 1.54) is 12.4 Å². The second-order valence-electron chi connectivity index (χ2n) is 4.30. The number of urea groups is 1. The second kappa shape index (κ2) is 5.52. The zero-order chi connectivity index (χ0) is 15.5. The molecule has 0 fully saturated rings. The number of fused-ring (bicyclic) bond motifs is 1. The first-order valence-electron chi connectivity index (χ1n) is 6.27. The molecule has 8 heteroatoms. The molecule has 22 heavy (non-hydrogen) atoms. The SMILES string of the molecule is O=C(NN=c1c(=O)c2nccnc2c1=O)Nc1ccccc1. The van der Waals surface area contributed by atoms with Crippen molar-refractivity contribution < 1.29 is 4.79 Å². The topological polar surface area (TPSA) is 113 Å². The first-order chi connectivity index (χ1) is 10.7. The molecule has 8 nitrogen and oxygen atoms in total. The summed E-state index contributed by atoms with van der Waals surface area (Å²) in [6.45, 7) is 0. The van der Waals surface area contributed by atoms with Gasteiger partial charge < -0.3 is 5.32 Å². The average Bonchev–Trinajstić information content (AvgIpc) is 2.78. The molecule has 1 aromatic heterocycles. The van der Waals surface area contributed by atoms with Crippen molar-refractivity contribution in [3.05, 3.63) is 68.5 Å². The van der Waals surface area contributed by atoms with Crippen molar-refractivity contribution in [2.45, 2.75) is 0 Å². The Hall–Kier alpha value is -3.42. The van der Waals surface area contributed by atoms with E-state index in [0.29, 0.717) is 5.69 Å². The fraction of sp³-hybridized carbons (Fsp3) is 0. The van der Waals surface area contributed by atoms with E-state index >= 15 is 0 Å². The van der Waals surface area contributed by atoms with Gasteiger partial charge in [-0.15, -0.1) is 0 Å². The molecule has 3 rings (SSSR count). The van der Waals surface area contributed by atoms with Gasteiger partial charge in [0.05, 0.1) is 0 Å². The van der Waals surface area contributed by atoms with E-state index in [1.807, 2.05) is 0 Å². The number of hydrogen-bond acceptors (Lipinski definition) is 6. The minimum atomic E-state index is -0.670. The summed E-state index contributed by atoms with van der Waals surface area (Å²) in [5, 5.41) is 5.66. The number of carbonyl (C=O) groups is 1. The number of amides is 2. The Balaban J connectivity index is 1.89. The summed E-state index contributed by atoms with van der Waals surface area (Å²) in [6, 6.07) is 8.00. The molecular weight excluding hydrogens is 286 g/mol. The highest BCUT2D eigenvalue weighted by molar-refractivity contribution is 5.88. The molecule has 1 heterocycles. The van der Waals surface area contributed by atoms with E-state index in [4.69, 9.17) is 0 Å². The first kappa shape index (κ1) is 13.6. The van der Waals surface area contributed by atoms with Crippen molar-refractivity contribution in [1.82, 2.24) is 15.4 Å². The van der Waals surface area contributed by atoms with E-state index in [9.17, 15) is 14.4 Å². The van der Waals surface area contributed by atoms with E-state index in [0.717, 1.165) is 0 Å². The smallest absolute Gasteiger partial charge is 0.307 e.